The molecular weight excluding hydrogens is 666 g/mol. The molecule has 0 radical (unpaired) electrons. The number of hydrogen-bond donors (Lipinski definition) is 0. The van der Waals surface area contributed by atoms with Gasteiger partial charge in [0.1, 0.15) is 0 Å². The van der Waals surface area contributed by atoms with Crippen molar-refractivity contribution >= 4 is 70.5 Å². The normalized spacial score (nSPS) is 17.2. The molecule has 220 valence electrons. The lowest BCUT2D eigenvalue weighted by Crippen LogP contribution is -2.42. The summed E-state index contributed by atoms with van der Waals surface area (Å²) in [5, 5.41) is 3.93. The number of rotatable bonds is 4. The summed E-state index contributed by atoms with van der Waals surface area (Å²) in [5.41, 5.74) is 5.17. The molecule has 6 aromatic rings. The van der Waals surface area contributed by atoms with Crippen molar-refractivity contribution in [3.05, 3.63) is 135 Å². The van der Waals surface area contributed by atoms with E-state index in [0.717, 1.165) is 64.2 Å². The molecule has 1 aliphatic rings. The van der Waals surface area contributed by atoms with E-state index in [1.807, 2.05) is 12.1 Å². The lowest BCUT2D eigenvalue weighted by Gasteiger charge is -2.44. The first-order chi connectivity index (χ1) is 22.2. The van der Waals surface area contributed by atoms with Gasteiger partial charge < -0.3 is 4.90 Å². The van der Waals surface area contributed by atoms with Gasteiger partial charge in [-0.25, -0.2) is 0 Å². The van der Waals surface area contributed by atoms with Crippen LogP contribution in [-0.2, 0) is 10.8 Å². The molecule has 0 bridgehead atoms. The van der Waals surface area contributed by atoms with Gasteiger partial charge in [0.05, 0.1) is 9.80 Å². The maximum absolute atomic E-state index is 9.89. The third-order valence-corrected chi connectivity index (χ3v) is 11.8. The third kappa shape index (κ3) is 4.23. The van der Waals surface area contributed by atoms with Crippen LogP contribution in [0.3, 0.4) is 0 Å². The van der Waals surface area contributed by atoms with Crippen LogP contribution in [0.25, 0.3) is 32.7 Å². The van der Waals surface area contributed by atoms with Gasteiger partial charge in [-0.2, -0.15) is 0 Å². The van der Waals surface area contributed by atoms with E-state index in [0.29, 0.717) is 11.6 Å². The van der Waals surface area contributed by atoms with Crippen molar-refractivity contribution in [1.82, 2.24) is 0 Å². The molecule has 0 N–H and O–H groups in total. The highest BCUT2D eigenvalue weighted by molar-refractivity contribution is 9.10. The Morgan fingerprint density at radius 2 is 0.977 bits per heavy atom. The van der Waals surface area contributed by atoms with Crippen molar-refractivity contribution in [3.63, 3.8) is 0 Å². The topological polar surface area (TPSA) is 3.24 Å². The van der Waals surface area contributed by atoms with Crippen LogP contribution in [-0.4, -0.2) is 0 Å². The molecule has 0 aliphatic heterocycles. The second-order valence-corrected chi connectivity index (χ2v) is 15.3. The molecule has 44 heavy (non-hydrogen) atoms. The number of benzene rings is 6. The van der Waals surface area contributed by atoms with Crippen LogP contribution in [0.15, 0.2) is 124 Å². The van der Waals surface area contributed by atoms with Gasteiger partial charge in [0.25, 0.3) is 0 Å². The molecule has 0 amide bonds. The average molecular weight is 707 g/mol. The van der Waals surface area contributed by atoms with Crippen LogP contribution in [0.4, 0.5) is 17.1 Å². The summed E-state index contributed by atoms with van der Waals surface area (Å²) in [7, 11) is 0. The van der Waals surface area contributed by atoms with Gasteiger partial charge in [0, 0.05) is 31.1 Å². The Kier molecular flexibility index (Phi) is 6.07. The minimum absolute atomic E-state index is 0.121. The van der Waals surface area contributed by atoms with E-state index < -0.39 is 0 Å². The molecule has 1 nitrogen and oxygen atoms in total. The van der Waals surface area contributed by atoms with Crippen molar-refractivity contribution in [3.8, 4) is 11.1 Å². The van der Waals surface area contributed by atoms with Gasteiger partial charge >= 0.3 is 0 Å². The molecule has 0 aromatic heterocycles. The lowest BCUT2D eigenvalue weighted by molar-refractivity contribution is 0.125. The Morgan fingerprint density at radius 3 is 1.45 bits per heavy atom. The minimum Gasteiger partial charge on any atom is -0.309 e. The van der Waals surface area contributed by atoms with Crippen molar-refractivity contribution < 1.29 is 4.11 Å². The molecule has 3 heteroatoms. The number of nitrogens with zero attached hydrogens (tertiary/aromatic N) is 1. The molecule has 0 unspecified atom stereocenters. The summed E-state index contributed by atoms with van der Waals surface area (Å²) in [6.45, 7) is 13.3. The maximum Gasteiger partial charge on any atom is 0.0632 e. The molecule has 6 aromatic carbocycles. The first kappa shape index (κ1) is 25.9. The first-order valence-corrected chi connectivity index (χ1v) is 16.7. The van der Waals surface area contributed by atoms with Crippen LogP contribution >= 0.6 is 31.9 Å². The summed E-state index contributed by atoms with van der Waals surface area (Å²) in [6, 6.07) is 34.1. The second kappa shape index (κ2) is 10.3. The van der Waals surface area contributed by atoms with E-state index in [1.54, 1.807) is 0 Å². The van der Waals surface area contributed by atoms with E-state index >= 15 is 0 Å². The number of anilines is 3. The standard InChI is InChI=1S/C41H37Br2N/c1-39(2)35-24-15-26(25-36(35)40(3,4)41(39,5)6)37-31-11-7-9-13-33(31)38(34-14-10-8-12-32(34)37)44(29-20-16-27(42)17-21-29)30-22-18-28(43)19-23-30/h7-25H,1-6H3/i15D,24D,25D. The van der Waals surface area contributed by atoms with Crippen molar-refractivity contribution in [2.75, 3.05) is 4.90 Å². The maximum atomic E-state index is 9.89. The molecule has 0 fully saturated rings. The highest BCUT2D eigenvalue weighted by Crippen LogP contribution is 2.62. The van der Waals surface area contributed by atoms with Crippen LogP contribution < -0.4 is 4.90 Å². The van der Waals surface area contributed by atoms with Crippen molar-refractivity contribution in [2.24, 2.45) is 5.41 Å². The predicted molar refractivity (Wildman–Crippen MR) is 197 cm³/mol. The second-order valence-electron chi connectivity index (χ2n) is 13.5. The molecule has 0 atom stereocenters. The highest BCUT2D eigenvalue weighted by atomic mass is 79.9. The van der Waals surface area contributed by atoms with Crippen LogP contribution in [0.1, 0.15) is 56.8 Å². The summed E-state index contributed by atoms with van der Waals surface area (Å²) in [5.74, 6) is 0. The fourth-order valence-electron chi connectivity index (χ4n) is 7.08. The number of fused-ring (bicyclic) bond motifs is 3. The first-order valence-electron chi connectivity index (χ1n) is 16.6. The molecule has 0 spiro atoms. The summed E-state index contributed by atoms with van der Waals surface area (Å²) in [6.07, 6.45) is 0. The average Bonchev–Trinajstić information content (AvgIpc) is 3.15. The largest absolute Gasteiger partial charge is 0.309 e. The monoisotopic (exact) mass is 704 g/mol. The van der Waals surface area contributed by atoms with Gasteiger partial charge in [0.15, 0.2) is 0 Å². The van der Waals surface area contributed by atoms with Crippen LogP contribution in [0.5, 0.6) is 0 Å². The van der Waals surface area contributed by atoms with Gasteiger partial charge in [0.2, 0.25) is 0 Å². The third-order valence-electron chi connectivity index (χ3n) is 10.7. The summed E-state index contributed by atoms with van der Waals surface area (Å²) in [4.78, 5) is 2.29. The van der Waals surface area contributed by atoms with E-state index in [4.69, 9.17) is 0 Å². The number of halogens is 2. The zero-order valence-corrected chi connectivity index (χ0v) is 29.1. The van der Waals surface area contributed by atoms with E-state index in [1.165, 1.54) is 0 Å². The molecular formula is C41H37Br2N. The zero-order valence-electron chi connectivity index (χ0n) is 28.9. The van der Waals surface area contributed by atoms with E-state index in [9.17, 15) is 4.11 Å². The fraction of sp³-hybridized carbons (Fsp3) is 0.220. The predicted octanol–water partition coefficient (Wildman–Crippen LogP) is 13.2. The van der Waals surface area contributed by atoms with E-state index in [2.05, 4.69) is 163 Å². The smallest absolute Gasteiger partial charge is 0.0632 e. The molecule has 0 heterocycles. The Labute approximate surface area is 282 Å². The van der Waals surface area contributed by atoms with Crippen LogP contribution in [0, 0.1) is 5.41 Å². The Hall–Kier alpha value is -3.40. The summed E-state index contributed by atoms with van der Waals surface area (Å²) < 4.78 is 30.9. The van der Waals surface area contributed by atoms with Gasteiger partial charge in [-0.3, -0.25) is 0 Å². The molecule has 0 saturated heterocycles. The summed E-state index contributed by atoms with van der Waals surface area (Å²) >= 11 is 7.24. The van der Waals surface area contributed by atoms with Gasteiger partial charge in [-0.05, 0) is 97.8 Å². The zero-order chi connectivity index (χ0) is 33.6. The fourth-order valence-corrected chi connectivity index (χ4v) is 7.61. The SMILES string of the molecule is [2H]c1c([2H])c2c(c([2H])c1-c1c3ccccc3c(N(c3ccc(Br)cc3)c3ccc(Br)cc3)c3ccccc13)C(C)(C)C(C)(C)C2(C)C. The van der Waals surface area contributed by atoms with Crippen molar-refractivity contribution in [1.29, 1.82) is 0 Å². The van der Waals surface area contributed by atoms with E-state index in [-0.39, 0.29) is 28.3 Å². The Balaban J connectivity index is 1.64. The van der Waals surface area contributed by atoms with Crippen molar-refractivity contribution in [2.45, 2.75) is 52.4 Å². The lowest BCUT2D eigenvalue weighted by atomic mass is 9.59. The Bertz CT molecular complexity index is 2120. The Morgan fingerprint density at radius 1 is 0.545 bits per heavy atom. The van der Waals surface area contributed by atoms with Gasteiger partial charge in [-0.15, -0.1) is 0 Å². The quantitative estimate of drug-likeness (QED) is 0.165. The van der Waals surface area contributed by atoms with Gasteiger partial charge in [-0.1, -0.05) is 140 Å². The molecule has 7 rings (SSSR count). The number of hydrogen-bond acceptors (Lipinski definition) is 1. The van der Waals surface area contributed by atoms with Crippen LogP contribution in [0.2, 0.25) is 0 Å². The minimum atomic E-state index is -0.382. The molecule has 1 aliphatic carbocycles. The highest BCUT2D eigenvalue weighted by Gasteiger charge is 2.56. The molecule has 0 saturated carbocycles.